The van der Waals surface area contributed by atoms with Gasteiger partial charge < -0.3 is 10.6 Å². The van der Waals surface area contributed by atoms with Gasteiger partial charge in [-0.3, -0.25) is 9.69 Å². The molecule has 2 aliphatic rings. The number of amides is 1. The normalized spacial score (nSPS) is 25.0. The third-order valence-corrected chi connectivity index (χ3v) is 5.24. The number of hydrogen-bond acceptors (Lipinski definition) is 4. The Bertz CT molecular complexity index is 476. The molecule has 2 fully saturated rings. The van der Waals surface area contributed by atoms with Crippen molar-refractivity contribution in [1.29, 1.82) is 0 Å². The highest BCUT2D eigenvalue weighted by Gasteiger charge is 2.34. The number of likely N-dealkylation sites (tertiary alicyclic amines) is 1. The minimum atomic E-state index is -0.141. The van der Waals surface area contributed by atoms with Crippen LogP contribution in [0, 0.1) is 0 Å². The van der Waals surface area contributed by atoms with Gasteiger partial charge in [0.25, 0.3) is 0 Å². The summed E-state index contributed by atoms with van der Waals surface area (Å²) >= 11 is 1.97. The number of thioether (sulfide) groups is 1. The minimum Gasteiger partial charge on any atom is -0.339 e. The molecule has 4 nitrogen and oxygen atoms in total. The van der Waals surface area contributed by atoms with Crippen LogP contribution < -0.4 is 5.73 Å². The van der Waals surface area contributed by atoms with Gasteiger partial charge in [0.15, 0.2) is 0 Å². The zero-order chi connectivity index (χ0) is 14.7. The molecule has 0 radical (unpaired) electrons. The van der Waals surface area contributed by atoms with E-state index in [4.69, 9.17) is 5.73 Å². The minimum absolute atomic E-state index is 0.141. The average Bonchev–Trinajstić information content (AvgIpc) is 2.96. The molecule has 114 valence electrons. The Kier molecular flexibility index (Phi) is 4.83. The van der Waals surface area contributed by atoms with Gasteiger partial charge in [0.2, 0.25) is 5.91 Å². The largest absolute Gasteiger partial charge is 0.339 e. The van der Waals surface area contributed by atoms with Gasteiger partial charge >= 0.3 is 0 Å². The molecule has 2 saturated heterocycles. The van der Waals surface area contributed by atoms with Crippen molar-refractivity contribution in [3.8, 4) is 0 Å². The highest BCUT2D eigenvalue weighted by Crippen LogP contribution is 2.27. The zero-order valence-corrected chi connectivity index (χ0v) is 13.1. The Balaban J connectivity index is 1.83. The summed E-state index contributed by atoms with van der Waals surface area (Å²) < 4.78 is 0. The lowest BCUT2D eigenvalue weighted by atomic mass is 10.0. The van der Waals surface area contributed by atoms with E-state index in [-0.39, 0.29) is 18.0 Å². The van der Waals surface area contributed by atoms with Gasteiger partial charge in [-0.05, 0) is 12.0 Å². The van der Waals surface area contributed by atoms with Crippen molar-refractivity contribution in [2.75, 3.05) is 37.7 Å². The van der Waals surface area contributed by atoms with Crippen LogP contribution in [0.15, 0.2) is 30.3 Å². The molecule has 2 atom stereocenters. The summed E-state index contributed by atoms with van der Waals surface area (Å²) in [5.41, 5.74) is 7.08. The van der Waals surface area contributed by atoms with E-state index in [2.05, 4.69) is 17.0 Å². The van der Waals surface area contributed by atoms with Crippen LogP contribution in [0.25, 0.3) is 0 Å². The highest BCUT2D eigenvalue weighted by molar-refractivity contribution is 7.99. The fourth-order valence-corrected chi connectivity index (χ4v) is 4.07. The molecule has 21 heavy (non-hydrogen) atoms. The van der Waals surface area contributed by atoms with E-state index >= 15 is 0 Å². The second-order valence-electron chi connectivity index (χ2n) is 5.79. The average molecular weight is 305 g/mol. The molecule has 1 aromatic rings. The van der Waals surface area contributed by atoms with Crippen LogP contribution in [0.1, 0.15) is 18.0 Å². The summed E-state index contributed by atoms with van der Waals surface area (Å²) in [5.74, 6) is 2.44. The highest BCUT2D eigenvalue weighted by atomic mass is 32.2. The zero-order valence-electron chi connectivity index (χ0n) is 12.3. The SMILES string of the molecule is N[C@@H]1CCN(C(=O)C(c2ccccc2)N2CCSCC2)C1. The molecule has 0 saturated carbocycles. The first-order valence-electron chi connectivity index (χ1n) is 7.67. The fraction of sp³-hybridized carbons (Fsp3) is 0.562. The Morgan fingerprint density at radius 2 is 1.90 bits per heavy atom. The van der Waals surface area contributed by atoms with E-state index in [9.17, 15) is 4.79 Å². The molecule has 5 heteroatoms. The van der Waals surface area contributed by atoms with E-state index < -0.39 is 0 Å². The second kappa shape index (κ2) is 6.81. The monoisotopic (exact) mass is 305 g/mol. The maximum Gasteiger partial charge on any atom is 0.244 e. The molecular weight excluding hydrogens is 282 g/mol. The molecular formula is C16H23N3OS. The van der Waals surface area contributed by atoms with E-state index in [1.165, 1.54) is 0 Å². The fourth-order valence-electron chi connectivity index (χ4n) is 3.14. The van der Waals surface area contributed by atoms with Crippen LogP contribution >= 0.6 is 11.8 Å². The second-order valence-corrected chi connectivity index (χ2v) is 7.02. The van der Waals surface area contributed by atoms with E-state index in [1.54, 1.807) is 0 Å². The van der Waals surface area contributed by atoms with E-state index in [0.29, 0.717) is 6.54 Å². The molecule has 2 heterocycles. The van der Waals surface area contributed by atoms with Crippen LogP contribution in [0.2, 0.25) is 0 Å². The Morgan fingerprint density at radius 3 is 2.52 bits per heavy atom. The summed E-state index contributed by atoms with van der Waals surface area (Å²) in [6.45, 7) is 3.46. The topological polar surface area (TPSA) is 49.6 Å². The lowest BCUT2D eigenvalue weighted by Crippen LogP contribution is -2.45. The molecule has 0 bridgehead atoms. The third kappa shape index (κ3) is 3.42. The third-order valence-electron chi connectivity index (χ3n) is 4.30. The first-order chi connectivity index (χ1) is 10.3. The van der Waals surface area contributed by atoms with Crippen molar-refractivity contribution in [1.82, 2.24) is 9.80 Å². The maximum atomic E-state index is 13.0. The van der Waals surface area contributed by atoms with E-state index in [0.717, 1.165) is 43.1 Å². The van der Waals surface area contributed by atoms with Crippen molar-refractivity contribution in [2.45, 2.75) is 18.5 Å². The van der Waals surface area contributed by atoms with Gasteiger partial charge in [0.1, 0.15) is 6.04 Å². The summed E-state index contributed by atoms with van der Waals surface area (Å²) in [4.78, 5) is 17.3. The predicted molar refractivity (Wildman–Crippen MR) is 87.3 cm³/mol. The molecule has 3 rings (SSSR count). The summed E-state index contributed by atoms with van der Waals surface area (Å²) in [6, 6.07) is 10.2. The first kappa shape index (κ1) is 14.9. The quantitative estimate of drug-likeness (QED) is 0.915. The van der Waals surface area contributed by atoms with Crippen LogP contribution in [0.4, 0.5) is 0 Å². The Morgan fingerprint density at radius 1 is 1.19 bits per heavy atom. The number of carbonyl (C=O) groups excluding carboxylic acids is 1. The summed E-state index contributed by atoms with van der Waals surface area (Å²) in [5, 5.41) is 0. The molecule has 0 spiro atoms. The van der Waals surface area contributed by atoms with Crippen LogP contribution in [-0.4, -0.2) is 59.4 Å². The molecule has 1 amide bonds. The van der Waals surface area contributed by atoms with Crippen LogP contribution in [0.3, 0.4) is 0 Å². The maximum absolute atomic E-state index is 13.0. The number of nitrogens with two attached hydrogens (primary N) is 1. The van der Waals surface area contributed by atoms with Crippen molar-refractivity contribution in [2.24, 2.45) is 5.73 Å². The van der Waals surface area contributed by atoms with Crippen molar-refractivity contribution < 1.29 is 4.79 Å². The number of nitrogens with zero attached hydrogens (tertiary/aromatic N) is 2. The molecule has 2 aliphatic heterocycles. The van der Waals surface area contributed by atoms with Gasteiger partial charge in [-0.2, -0.15) is 11.8 Å². The number of benzene rings is 1. The molecule has 2 N–H and O–H groups in total. The van der Waals surface area contributed by atoms with Gasteiger partial charge in [-0.15, -0.1) is 0 Å². The number of rotatable bonds is 3. The molecule has 1 unspecified atom stereocenters. The molecule has 0 aliphatic carbocycles. The summed E-state index contributed by atoms with van der Waals surface area (Å²) in [7, 11) is 0. The number of carbonyl (C=O) groups is 1. The molecule has 0 aromatic heterocycles. The van der Waals surface area contributed by atoms with Gasteiger partial charge in [-0.25, -0.2) is 0 Å². The smallest absolute Gasteiger partial charge is 0.244 e. The van der Waals surface area contributed by atoms with Crippen LogP contribution in [-0.2, 0) is 4.79 Å². The van der Waals surface area contributed by atoms with Gasteiger partial charge in [-0.1, -0.05) is 30.3 Å². The Labute approximate surface area is 130 Å². The van der Waals surface area contributed by atoms with Gasteiger partial charge in [0.05, 0.1) is 0 Å². The lowest BCUT2D eigenvalue weighted by Gasteiger charge is -2.35. The molecule has 1 aromatic carbocycles. The predicted octanol–water partition coefficient (Wildman–Crippen LogP) is 1.34. The van der Waals surface area contributed by atoms with Crippen LogP contribution in [0.5, 0.6) is 0 Å². The van der Waals surface area contributed by atoms with E-state index in [1.807, 2.05) is 34.9 Å². The summed E-state index contributed by atoms with van der Waals surface area (Å²) in [6.07, 6.45) is 0.920. The van der Waals surface area contributed by atoms with Gasteiger partial charge in [0, 0.05) is 43.7 Å². The van der Waals surface area contributed by atoms with Crippen molar-refractivity contribution in [3.05, 3.63) is 35.9 Å². The van der Waals surface area contributed by atoms with Crippen molar-refractivity contribution >= 4 is 17.7 Å². The standard InChI is InChI=1S/C16H23N3OS/c17-14-6-7-19(12-14)16(20)15(13-4-2-1-3-5-13)18-8-10-21-11-9-18/h1-5,14-15H,6-12,17H2/t14-,15?/m1/s1. The lowest BCUT2D eigenvalue weighted by molar-refractivity contribution is -0.136. The first-order valence-corrected chi connectivity index (χ1v) is 8.82. The number of hydrogen-bond donors (Lipinski definition) is 1. The van der Waals surface area contributed by atoms with Crippen molar-refractivity contribution in [3.63, 3.8) is 0 Å². The Hall–Kier alpha value is -1.04.